The maximum Gasteiger partial charge on any atom is 0.251 e. The molecule has 2 heterocycles. The van der Waals surface area contributed by atoms with Crippen LogP contribution in [0.25, 0.3) is 11.4 Å². The van der Waals surface area contributed by atoms with Crippen molar-refractivity contribution in [2.75, 3.05) is 5.32 Å². The molecule has 9 nitrogen and oxygen atoms in total. The fraction of sp³-hybridized carbons (Fsp3) is 0.167. The molecule has 0 saturated carbocycles. The molecule has 3 aromatic carbocycles. The summed E-state index contributed by atoms with van der Waals surface area (Å²) in [7, 11) is 0. The van der Waals surface area contributed by atoms with Crippen LogP contribution in [0.2, 0.25) is 5.02 Å². The number of benzene rings is 3. The minimum atomic E-state index is -0.730. The van der Waals surface area contributed by atoms with Crippen molar-refractivity contribution in [2.24, 2.45) is 0 Å². The Balaban J connectivity index is 1.30. The molecule has 5 rings (SSSR count). The second kappa shape index (κ2) is 12.0. The molecule has 0 bridgehead atoms. The molecule has 202 valence electrons. The molecule has 0 spiro atoms. The summed E-state index contributed by atoms with van der Waals surface area (Å²) in [5.41, 5.74) is 4.67. The monoisotopic (exact) mass is 554 g/mol. The number of fused-ring (bicyclic) bond motifs is 1. The zero-order valence-electron chi connectivity index (χ0n) is 21.5. The molecule has 40 heavy (non-hydrogen) atoms. The summed E-state index contributed by atoms with van der Waals surface area (Å²) < 4.78 is 1.56. The predicted molar refractivity (Wildman–Crippen MR) is 153 cm³/mol. The summed E-state index contributed by atoms with van der Waals surface area (Å²) in [6, 6.07) is 19.2. The van der Waals surface area contributed by atoms with E-state index in [1.54, 1.807) is 28.9 Å². The number of aliphatic hydroxyl groups is 1. The van der Waals surface area contributed by atoms with Crippen LogP contribution < -0.4 is 10.6 Å². The molecule has 1 aromatic heterocycles. The van der Waals surface area contributed by atoms with Crippen LogP contribution in [0.1, 0.15) is 39.9 Å². The Morgan fingerprint density at radius 2 is 1.93 bits per heavy atom. The zero-order valence-corrected chi connectivity index (χ0v) is 22.3. The van der Waals surface area contributed by atoms with Gasteiger partial charge in [0.25, 0.3) is 5.91 Å². The Morgan fingerprint density at radius 1 is 1.10 bits per heavy atom. The first-order chi connectivity index (χ1) is 19.4. The third-order valence-corrected chi connectivity index (χ3v) is 6.88. The van der Waals surface area contributed by atoms with Crippen molar-refractivity contribution >= 4 is 34.7 Å². The molecule has 0 unspecified atom stereocenters. The summed E-state index contributed by atoms with van der Waals surface area (Å²) in [6.07, 6.45) is 4.72. The van der Waals surface area contributed by atoms with E-state index in [0.717, 1.165) is 16.8 Å². The van der Waals surface area contributed by atoms with Gasteiger partial charge >= 0.3 is 0 Å². The maximum atomic E-state index is 13.5. The van der Waals surface area contributed by atoms with Crippen molar-refractivity contribution in [3.8, 4) is 5.69 Å². The number of tetrazole rings is 1. The van der Waals surface area contributed by atoms with Crippen molar-refractivity contribution in [3.05, 3.63) is 119 Å². The highest BCUT2D eigenvalue weighted by Gasteiger charge is 2.23. The van der Waals surface area contributed by atoms with Gasteiger partial charge in [-0.25, -0.2) is 4.68 Å². The number of carbonyl (C=O) groups is 2. The number of hydrogen-bond acceptors (Lipinski definition) is 7. The van der Waals surface area contributed by atoms with Gasteiger partial charge in [0.2, 0.25) is 0 Å². The van der Waals surface area contributed by atoms with Gasteiger partial charge < -0.3 is 15.7 Å². The fourth-order valence-corrected chi connectivity index (χ4v) is 4.87. The first kappa shape index (κ1) is 26.8. The normalized spacial score (nSPS) is 13.1. The van der Waals surface area contributed by atoms with Crippen molar-refractivity contribution in [2.45, 2.75) is 31.7 Å². The van der Waals surface area contributed by atoms with Crippen LogP contribution >= 0.6 is 11.6 Å². The zero-order chi connectivity index (χ0) is 28.1. The van der Waals surface area contributed by atoms with Gasteiger partial charge in [0.15, 0.2) is 5.78 Å². The van der Waals surface area contributed by atoms with Crippen molar-refractivity contribution in [1.82, 2.24) is 25.5 Å². The Hall–Kier alpha value is -4.76. The number of hydrogen-bond donors (Lipinski definition) is 3. The van der Waals surface area contributed by atoms with Crippen molar-refractivity contribution < 1.29 is 14.7 Å². The molecule has 0 aliphatic carbocycles. The molecule has 0 fully saturated rings. The van der Waals surface area contributed by atoms with E-state index in [1.165, 1.54) is 12.4 Å². The number of amides is 1. The van der Waals surface area contributed by atoms with Gasteiger partial charge in [-0.2, -0.15) is 0 Å². The summed E-state index contributed by atoms with van der Waals surface area (Å²) >= 11 is 6.23. The summed E-state index contributed by atoms with van der Waals surface area (Å²) in [4.78, 5) is 26.7. The van der Waals surface area contributed by atoms with Crippen LogP contribution in [-0.4, -0.2) is 43.0 Å². The molecule has 0 radical (unpaired) electrons. The van der Waals surface area contributed by atoms with Crippen molar-refractivity contribution in [3.63, 3.8) is 0 Å². The average Bonchev–Trinajstić information content (AvgIpc) is 3.48. The largest absolute Gasteiger partial charge is 0.507 e. The van der Waals surface area contributed by atoms with Gasteiger partial charge in [-0.1, -0.05) is 48.5 Å². The highest BCUT2D eigenvalue weighted by Crippen LogP contribution is 2.30. The second-order valence-corrected chi connectivity index (χ2v) is 9.94. The Labute approximate surface area is 236 Å². The van der Waals surface area contributed by atoms with E-state index < -0.39 is 11.9 Å². The minimum Gasteiger partial charge on any atom is -0.507 e. The van der Waals surface area contributed by atoms with Crippen LogP contribution in [0.3, 0.4) is 0 Å². The fourth-order valence-electron chi connectivity index (χ4n) is 4.67. The first-order valence-electron chi connectivity index (χ1n) is 12.8. The van der Waals surface area contributed by atoms with E-state index in [1.807, 2.05) is 42.5 Å². The second-order valence-electron chi connectivity index (χ2n) is 9.50. The van der Waals surface area contributed by atoms with E-state index in [0.29, 0.717) is 46.8 Å². The lowest BCUT2D eigenvalue weighted by Gasteiger charge is -2.20. The third-order valence-electron chi connectivity index (χ3n) is 6.65. The Morgan fingerprint density at radius 3 is 2.70 bits per heavy atom. The molecule has 0 saturated heterocycles. The van der Waals surface area contributed by atoms with E-state index in [2.05, 4.69) is 32.7 Å². The summed E-state index contributed by atoms with van der Waals surface area (Å²) in [5.74, 6) is -0.459. The lowest BCUT2D eigenvalue weighted by molar-refractivity contribution is -0.121. The number of ketones is 1. The Kier molecular flexibility index (Phi) is 8.02. The number of aromatic nitrogens is 4. The lowest BCUT2D eigenvalue weighted by atomic mass is 9.96. The molecule has 3 N–H and O–H groups in total. The highest BCUT2D eigenvalue weighted by molar-refractivity contribution is 6.30. The number of aliphatic hydroxyl groups excluding tert-OH is 1. The number of halogens is 1. The lowest BCUT2D eigenvalue weighted by Crippen LogP contribution is -2.42. The van der Waals surface area contributed by atoms with E-state index in [4.69, 9.17) is 11.6 Å². The standard InChI is InChI=1S/C30H27ClN6O3/c1-19-14-29(39)24-17-22(10-12-25(24)33-19)30(40)34-26(15-20-6-3-2-4-7-20)28(38)9-5-8-21-16-23(31)11-13-27(21)37-18-32-35-36-37/h2-4,6-7,10-14,16-18,26,33,39H,1,5,8-9,15H2,(H,34,40)/t26-/m1/s1. The molecule has 4 aromatic rings. The van der Waals surface area contributed by atoms with E-state index in [9.17, 15) is 14.7 Å². The maximum absolute atomic E-state index is 13.5. The third kappa shape index (κ3) is 6.27. The van der Waals surface area contributed by atoms with Gasteiger partial charge in [-0.3, -0.25) is 9.59 Å². The van der Waals surface area contributed by atoms with Crippen molar-refractivity contribution in [1.29, 1.82) is 0 Å². The predicted octanol–water partition coefficient (Wildman–Crippen LogP) is 5.09. The van der Waals surface area contributed by atoms with Gasteiger partial charge in [0.1, 0.15) is 12.1 Å². The number of nitrogens with one attached hydrogen (secondary N) is 2. The molecule has 1 atom stereocenters. The van der Waals surface area contributed by atoms with Crippen LogP contribution in [0.15, 0.2) is 91.4 Å². The summed E-state index contributed by atoms with van der Waals surface area (Å²) in [6.45, 7) is 3.80. The number of carbonyl (C=O) groups excluding carboxylic acids is 2. The SMILES string of the molecule is C=C1C=C(O)c2cc(C(=O)N[C@H](Cc3ccccc3)C(=O)CCCc3cc(Cl)ccc3-n3cnnn3)ccc2N1. The number of rotatable bonds is 10. The van der Waals surface area contributed by atoms with Crippen LogP contribution in [0.5, 0.6) is 0 Å². The number of nitrogens with zero attached hydrogens (tertiary/aromatic N) is 4. The number of aryl methyl sites for hydroxylation is 1. The summed E-state index contributed by atoms with van der Waals surface area (Å²) in [5, 5.41) is 28.3. The molecule has 1 amide bonds. The quantitative estimate of drug-likeness (QED) is 0.250. The van der Waals surface area contributed by atoms with Gasteiger partial charge in [0.05, 0.1) is 11.7 Å². The highest BCUT2D eigenvalue weighted by atomic mass is 35.5. The molecular formula is C30H27ClN6O3. The first-order valence-corrected chi connectivity index (χ1v) is 13.2. The van der Waals surface area contributed by atoms with Gasteiger partial charge in [0, 0.05) is 40.0 Å². The molecule has 1 aliphatic rings. The number of anilines is 1. The topological polar surface area (TPSA) is 122 Å². The van der Waals surface area contributed by atoms with Gasteiger partial charge in [-0.15, -0.1) is 5.10 Å². The van der Waals surface area contributed by atoms with E-state index in [-0.39, 0.29) is 18.0 Å². The van der Waals surface area contributed by atoms with Crippen LogP contribution in [-0.2, 0) is 17.6 Å². The Bertz CT molecular complexity index is 1580. The van der Waals surface area contributed by atoms with Crippen LogP contribution in [0, 0.1) is 0 Å². The minimum absolute atomic E-state index is 0.0207. The van der Waals surface area contributed by atoms with Gasteiger partial charge in [-0.05, 0) is 77.2 Å². The number of Topliss-reactive ketones (excluding diaryl/α,β-unsaturated/α-hetero) is 1. The molecule has 10 heteroatoms. The van der Waals surface area contributed by atoms with Crippen LogP contribution in [0.4, 0.5) is 5.69 Å². The smallest absolute Gasteiger partial charge is 0.251 e. The number of allylic oxidation sites excluding steroid dienone is 1. The average molecular weight is 555 g/mol. The molecular weight excluding hydrogens is 528 g/mol. The molecule has 1 aliphatic heterocycles. The van der Waals surface area contributed by atoms with E-state index >= 15 is 0 Å².